The molecule has 0 saturated heterocycles. The van der Waals surface area contributed by atoms with E-state index >= 15 is 0 Å². The Bertz CT molecular complexity index is 162. The molecular weight excluding hydrogens is 168 g/mol. The standard InChI is InChI=1S/C9H20N2O2/c1-5-10(3)9(13)6-11(4)8(2)7-12/h8,12H,5-7H2,1-4H3. The van der Waals surface area contributed by atoms with Gasteiger partial charge in [0.25, 0.3) is 0 Å². The molecule has 0 rings (SSSR count). The van der Waals surface area contributed by atoms with Gasteiger partial charge in [-0.3, -0.25) is 9.69 Å². The predicted molar refractivity (Wildman–Crippen MR) is 52.5 cm³/mol. The number of carbonyl (C=O) groups is 1. The fraction of sp³-hybridized carbons (Fsp3) is 0.889. The highest BCUT2D eigenvalue weighted by Gasteiger charge is 2.13. The van der Waals surface area contributed by atoms with Gasteiger partial charge in [-0.15, -0.1) is 0 Å². The van der Waals surface area contributed by atoms with Crippen molar-refractivity contribution >= 4 is 5.91 Å². The third-order valence-corrected chi connectivity index (χ3v) is 2.30. The molecule has 0 aliphatic carbocycles. The third kappa shape index (κ3) is 4.24. The van der Waals surface area contributed by atoms with Crippen molar-refractivity contribution in [3.63, 3.8) is 0 Å². The molecule has 13 heavy (non-hydrogen) atoms. The molecule has 0 aliphatic rings. The van der Waals surface area contributed by atoms with Crippen LogP contribution in [0.15, 0.2) is 0 Å². The summed E-state index contributed by atoms with van der Waals surface area (Å²) in [6, 6.07) is 0.0363. The first-order valence-corrected chi connectivity index (χ1v) is 4.58. The summed E-state index contributed by atoms with van der Waals surface area (Å²) in [5.74, 6) is 0.0882. The molecule has 0 spiro atoms. The van der Waals surface area contributed by atoms with Crippen LogP contribution < -0.4 is 0 Å². The van der Waals surface area contributed by atoms with Crippen LogP contribution in [0.3, 0.4) is 0 Å². The Morgan fingerprint density at radius 3 is 2.38 bits per heavy atom. The first kappa shape index (κ1) is 12.4. The Labute approximate surface area is 80.1 Å². The Balaban J connectivity index is 3.91. The summed E-state index contributed by atoms with van der Waals surface area (Å²) in [7, 11) is 3.61. The van der Waals surface area contributed by atoms with Crippen LogP contribution >= 0.6 is 0 Å². The number of aliphatic hydroxyl groups excluding tert-OH is 1. The number of aliphatic hydroxyl groups is 1. The molecule has 0 radical (unpaired) electrons. The van der Waals surface area contributed by atoms with E-state index in [-0.39, 0.29) is 18.6 Å². The number of carbonyl (C=O) groups excluding carboxylic acids is 1. The van der Waals surface area contributed by atoms with E-state index in [1.807, 2.05) is 25.8 Å². The maximum Gasteiger partial charge on any atom is 0.236 e. The molecule has 0 heterocycles. The summed E-state index contributed by atoms with van der Waals surface area (Å²) in [5, 5.41) is 8.85. The Hall–Kier alpha value is -0.610. The quantitative estimate of drug-likeness (QED) is 0.648. The number of likely N-dealkylation sites (N-methyl/N-ethyl adjacent to an activating group) is 2. The van der Waals surface area contributed by atoms with E-state index in [0.29, 0.717) is 6.54 Å². The summed E-state index contributed by atoms with van der Waals surface area (Å²) < 4.78 is 0. The van der Waals surface area contributed by atoms with Gasteiger partial charge in [0.2, 0.25) is 5.91 Å². The van der Waals surface area contributed by atoms with E-state index in [4.69, 9.17) is 5.11 Å². The maximum atomic E-state index is 11.4. The van der Waals surface area contributed by atoms with Gasteiger partial charge >= 0.3 is 0 Å². The second kappa shape index (κ2) is 5.94. The highest BCUT2D eigenvalue weighted by molar-refractivity contribution is 5.77. The average Bonchev–Trinajstić information content (AvgIpc) is 2.14. The largest absolute Gasteiger partial charge is 0.395 e. The third-order valence-electron chi connectivity index (χ3n) is 2.30. The molecule has 78 valence electrons. The van der Waals surface area contributed by atoms with Crippen LogP contribution in [0, 0.1) is 0 Å². The van der Waals surface area contributed by atoms with Gasteiger partial charge in [-0.1, -0.05) is 0 Å². The van der Waals surface area contributed by atoms with Crippen LogP contribution in [0.1, 0.15) is 13.8 Å². The first-order valence-electron chi connectivity index (χ1n) is 4.58. The van der Waals surface area contributed by atoms with Crippen LogP contribution in [0.2, 0.25) is 0 Å². The highest BCUT2D eigenvalue weighted by Crippen LogP contribution is 1.95. The van der Waals surface area contributed by atoms with E-state index in [0.717, 1.165) is 6.54 Å². The van der Waals surface area contributed by atoms with Crippen LogP contribution in [0.25, 0.3) is 0 Å². The average molecular weight is 188 g/mol. The zero-order chi connectivity index (χ0) is 10.4. The van der Waals surface area contributed by atoms with Gasteiger partial charge in [0.05, 0.1) is 13.2 Å². The molecule has 4 nitrogen and oxygen atoms in total. The lowest BCUT2D eigenvalue weighted by atomic mass is 10.3. The van der Waals surface area contributed by atoms with E-state index in [1.165, 1.54) is 0 Å². The lowest BCUT2D eigenvalue weighted by Crippen LogP contribution is -2.41. The zero-order valence-corrected chi connectivity index (χ0v) is 8.95. The molecule has 1 N–H and O–H groups in total. The van der Waals surface area contributed by atoms with Gasteiger partial charge < -0.3 is 10.0 Å². The van der Waals surface area contributed by atoms with Crippen LogP contribution in [-0.4, -0.2) is 60.6 Å². The second-order valence-corrected chi connectivity index (χ2v) is 3.35. The van der Waals surface area contributed by atoms with Crippen molar-refractivity contribution in [3.05, 3.63) is 0 Å². The van der Waals surface area contributed by atoms with Crippen LogP contribution in [0.5, 0.6) is 0 Å². The van der Waals surface area contributed by atoms with Gasteiger partial charge in [0.15, 0.2) is 0 Å². The molecular formula is C9H20N2O2. The molecule has 0 saturated carbocycles. The second-order valence-electron chi connectivity index (χ2n) is 3.35. The van der Waals surface area contributed by atoms with Crippen molar-refractivity contribution in [2.24, 2.45) is 0 Å². The van der Waals surface area contributed by atoms with Crippen molar-refractivity contribution in [2.45, 2.75) is 19.9 Å². The Morgan fingerprint density at radius 1 is 1.46 bits per heavy atom. The molecule has 0 aromatic heterocycles. The fourth-order valence-corrected chi connectivity index (χ4v) is 0.806. The molecule has 1 amide bonds. The highest BCUT2D eigenvalue weighted by atomic mass is 16.3. The van der Waals surface area contributed by atoms with Crippen molar-refractivity contribution < 1.29 is 9.90 Å². The number of nitrogens with zero attached hydrogens (tertiary/aromatic N) is 2. The number of hydrogen-bond donors (Lipinski definition) is 1. The molecule has 1 unspecified atom stereocenters. The first-order chi connectivity index (χ1) is 6.02. The molecule has 0 aliphatic heterocycles. The minimum Gasteiger partial charge on any atom is -0.395 e. The SMILES string of the molecule is CCN(C)C(=O)CN(C)C(C)CO. The predicted octanol–water partition coefficient (Wildman–Crippen LogP) is -0.223. The number of rotatable bonds is 5. The van der Waals surface area contributed by atoms with Crippen LogP contribution in [0.4, 0.5) is 0 Å². The zero-order valence-electron chi connectivity index (χ0n) is 8.95. The summed E-state index contributed by atoms with van der Waals surface area (Å²) in [6.07, 6.45) is 0. The van der Waals surface area contributed by atoms with Crippen LogP contribution in [-0.2, 0) is 4.79 Å². The molecule has 0 fully saturated rings. The van der Waals surface area contributed by atoms with E-state index in [9.17, 15) is 4.79 Å². The Kier molecular flexibility index (Phi) is 5.66. The van der Waals surface area contributed by atoms with Gasteiger partial charge in [-0.2, -0.15) is 0 Å². The van der Waals surface area contributed by atoms with Crippen molar-refractivity contribution in [2.75, 3.05) is 33.8 Å². The molecule has 0 aromatic carbocycles. The van der Waals surface area contributed by atoms with E-state index in [1.54, 1.807) is 11.9 Å². The van der Waals surface area contributed by atoms with Crippen molar-refractivity contribution in [1.82, 2.24) is 9.80 Å². The molecule has 0 aromatic rings. The van der Waals surface area contributed by atoms with Gasteiger partial charge in [-0.05, 0) is 20.9 Å². The van der Waals surface area contributed by atoms with Gasteiger partial charge in [0, 0.05) is 19.6 Å². The monoisotopic (exact) mass is 188 g/mol. The van der Waals surface area contributed by atoms with E-state index in [2.05, 4.69) is 0 Å². The minimum absolute atomic E-state index is 0.0363. The van der Waals surface area contributed by atoms with Crippen molar-refractivity contribution in [3.8, 4) is 0 Å². The minimum atomic E-state index is 0.0363. The lowest BCUT2D eigenvalue weighted by molar-refractivity contribution is -0.131. The van der Waals surface area contributed by atoms with E-state index < -0.39 is 0 Å². The normalized spacial score (nSPS) is 13.1. The maximum absolute atomic E-state index is 11.4. The smallest absolute Gasteiger partial charge is 0.236 e. The fourth-order valence-electron chi connectivity index (χ4n) is 0.806. The molecule has 4 heteroatoms. The summed E-state index contributed by atoms with van der Waals surface area (Å²) in [5.41, 5.74) is 0. The van der Waals surface area contributed by atoms with Gasteiger partial charge in [-0.25, -0.2) is 0 Å². The number of hydrogen-bond acceptors (Lipinski definition) is 3. The summed E-state index contributed by atoms with van der Waals surface area (Å²) >= 11 is 0. The van der Waals surface area contributed by atoms with Crippen molar-refractivity contribution in [1.29, 1.82) is 0 Å². The van der Waals surface area contributed by atoms with Gasteiger partial charge in [0.1, 0.15) is 0 Å². The Morgan fingerprint density at radius 2 is 2.00 bits per heavy atom. The topological polar surface area (TPSA) is 43.8 Å². The molecule has 1 atom stereocenters. The number of amides is 1. The summed E-state index contributed by atoms with van der Waals surface area (Å²) in [4.78, 5) is 14.9. The molecule has 0 bridgehead atoms. The summed E-state index contributed by atoms with van der Waals surface area (Å²) in [6.45, 7) is 5.00. The lowest BCUT2D eigenvalue weighted by Gasteiger charge is -2.24.